The molecule has 0 aromatic rings. The summed E-state index contributed by atoms with van der Waals surface area (Å²) in [5.41, 5.74) is 0. The maximum atomic E-state index is 7.50. The van der Waals surface area contributed by atoms with Crippen LogP contribution in [0, 0.1) is 33.3 Å². The van der Waals surface area contributed by atoms with E-state index in [1.54, 1.807) is 0 Å². The topological polar surface area (TPSA) is 103 Å². The molecule has 0 spiro atoms. The van der Waals surface area contributed by atoms with Crippen molar-refractivity contribution in [3.63, 3.8) is 0 Å². The van der Waals surface area contributed by atoms with Gasteiger partial charge in [-0.1, -0.05) is 0 Å². The second kappa shape index (κ2) is 48.1. The van der Waals surface area contributed by atoms with Crippen LogP contribution in [0.5, 0.6) is 0 Å². The second-order valence-electron chi connectivity index (χ2n) is 1.51. The zero-order chi connectivity index (χ0) is 14.6. The molecule has 7 heteroatoms. The molecular formula is C9H7CrNO5. The zero-order valence-electron chi connectivity index (χ0n) is 8.31. The Morgan fingerprint density at radius 1 is 0.812 bits per heavy atom. The van der Waals surface area contributed by atoms with E-state index < -0.39 is 0 Å². The summed E-state index contributed by atoms with van der Waals surface area (Å²) in [6.45, 7) is 27.1. The molecule has 84 valence electrons. The van der Waals surface area contributed by atoms with Gasteiger partial charge in [0.2, 0.25) is 0 Å². The molecule has 0 amide bonds. The van der Waals surface area contributed by atoms with Gasteiger partial charge in [-0.15, -0.1) is 0 Å². The molecule has 0 N–H and O–H groups in total. The van der Waals surface area contributed by atoms with Gasteiger partial charge in [0.15, 0.2) is 0 Å². The molecule has 1 rings (SSSR count). The van der Waals surface area contributed by atoms with Crippen LogP contribution in [0.3, 0.4) is 0 Å². The molecule has 6 nitrogen and oxygen atoms in total. The van der Waals surface area contributed by atoms with Crippen molar-refractivity contribution in [2.75, 3.05) is 13.1 Å². The van der Waals surface area contributed by atoms with E-state index in [-0.39, 0.29) is 0 Å². The number of nitrogens with zero attached hydrogens (tertiary/aromatic N) is 1. The fourth-order valence-corrected chi connectivity index (χ4v) is 0.650. The fourth-order valence-electron chi connectivity index (χ4n) is 0.365. The van der Waals surface area contributed by atoms with E-state index in [0.29, 0.717) is 0 Å². The fraction of sp³-hybridized carbons (Fsp3) is 0.333. The Hall–Kier alpha value is -0.938. The summed E-state index contributed by atoms with van der Waals surface area (Å²) < 4.78 is 38.8. The SMILES string of the molecule is C[C](=[Cr])N1CC1.[C-]#[O+].[C-]#[O+].[C-]#[O+].[C-]#[O+].[C-]#[O+]. The van der Waals surface area contributed by atoms with Gasteiger partial charge in [0.05, 0.1) is 0 Å². The second-order valence-corrected chi connectivity index (χ2v) is 2.43. The third-order valence-corrected chi connectivity index (χ3v) is 1.30. The van der Waals surface area contributed by atoms with Crippen LogP contribution in [0.1, 0.15) is 6.92 Å². The van der Waals surface area contributed by atoms with E-state index in [0.717, 1.165) is 0 Å². The summed E-state index contributed by atoms with van der Waals surface area (Å²) in [5.74, 6) is 0. The molecule has 1 aliphatic heterocycles. The van der Waals surface area contributed by atoms with Crippen LogP contribution in [0.15, 0.2) is 0 Å². The van der Waals surface area contributed by atoms with Gasteiger partial charge in [-0.3, -0.25) is 0 Å². The quantitative estimate of drug-likeness (QED) is 0.364. The first-order valence-corrected chi connectivity index (χ1v) is 3.72. The molecule has 1 saturated heterocycles. The standard InChI is InChI=1S/C4H7N.5CO.Cr/c1-2-5-3-4-5;5*1-2;/h3-4H2,1H3;;;;;;. The van der Waals surface area contributed by atoms with E-state index in [4.69, 9.17) is 23.3 Å². The maximum absolute atomic E-state index is 7.50. The molecule has 0 aromatic heterocycles. The predicted octanol–water partition coefficient (Wildman–Crippen LogP) is -0.189. The summed E-state index contributed by atoms with van der Waals surface area (Å²) in [4.78, 5) is 2.28. The summed E-state index contributed by atoms with van der Waals surface area (Å²) in [5, 5.41) is 0. The van der Waals surface area contributed by atoms with E-state index in [9.17, 15) is 0 Å². The normalized spacial score (nSPS) is 8.44. The van der Waals surface area contributed by atoms with Crippen LogP contribution >= 0.6 is 0 Å². The van der Waals surface area contributed by atoms with Crippen LogP contribution in [-0.4, -0.2) is 22.5 Å². The Labute approximate surface area is 102 Å². The number of hydrogen-bond donors (Lipinski definition) is 0. The molecule has 16 heavy (non-hydrogen) atoms. The molecule has 1 aliphatic rings. The molecular weight excluding hydrogens is 254 g/mol. The van der Waals surface area contributed by atoms with E-state index in [2.05, 4.69) is 60.9 Å². The van der Waals surface area contributed by atoms with Gasteiger partial charge in [0.25, 0.3) is 0 Å². The Balaban J connectivity index is -0.0000000351. The number of hydrogen-bond acceptors (Lipinski definition) is 1. The van der Waals surface area contributed by atoms with Gasteiger partial charge in [-0.25, -0.2) is 0 Å². The van der Waals surface area contributed by atoms with Crippen molar-refractivity contribution < 1.29 is 39.1 Å². The number of rotatable bonds is 1. The predicted molar refractivity (Wildman–Crippen MR) is 41.9 cm³/mol. The minimum absolute atomic E-state index is 1.26. The van der Waals surface area contributed by atoms with Gasteiger partial charge in [0, 0.05) is 0 Å². The summed E-state index contributed by atoms with van der Waals surface area (Å²) >= 11 is 2.94. The Bertz CT molecular complexity index is 202. The molecule has 0 atom stereocenters. The Kier molecular flexibility index (Phi) is 88.4. The average Bonchev–Trinajstić information content (AvgIpc) is 3.26. The van der Waals surface area contributed by atoms with Crippen LogP contribution in [0.4, 0.5) is 0 Å². The first kappa shape index (κ1) is 29.4. The molecule has 0 saturated carbocycles. The molecule has 0 bridgehead atoms. The van der Waals surface area contributed by atoms with Gasteiger partial charge in [-0.05, 0) is 0 Å². The minimum atomic E-state index is 1.26. The Morgan fingerprint density at radius 3 is 1.00 bits per heavy atom. The summed E-state index contributed by atoms with van der Waals surface area (Å²) in [6, 6.07) is 0. The van der Waals surface area contributed by atoms with Crippen molar-refractivity contribution in [2.45, 2.75) is 6.92 Å². The van der Waals surface area contributed by atoms with Gasteiger partial charge in [-0.2, -0.15) is 0 Å². The first-order valence-electron chi connectivity index (χ1n) is 3.08. The van der Waals surface area contributed by atoms with Gasteiger partial charge >= 0.3 is 102 Å². The molecule has 0 aliphatic carbocycles. The summed E-state index contributed by atoms with van der Waals surface area (Å²) in [6.07, 6.45) is 0. The van der Waals surface area contributed by atoms with E-state index in [1.165, 1.54) is 17.6 Å². The molecule has 1 fully saturated rings. The van der Waals surface area contributed by atoms with Crippen LogP contribution in [-0.2, 0) is 39.1 Å². The molecule has 0 unspecified atom stereocenters. The van der Waals surface area contributed by atoms with E-state index in [1.807, 2.05) is 0 Å². The van der Waals surface area contributed by atoms with Crippen molar-refractivity contribution in [2.24, 2.45) is 0 Å². The van der Waals surface area contributed by atoms with Gasteiger partial charge in [0.1, 0.15) is 0 Å². The van der Waals surface area contributed by atoms with Crippen LogP contribution in [0.25, 0.3) is 0 Å². The third kappa shape index (κ3) is 51.7. The van der Waals surface area contributed by atoms with Crippen molar-refractivity contribution >= 4 is 4.50 Å². The van der Waals surface area contributed by atoms with Crippen LogP contribution in [0.2, 0.25) is 0 Å². The third-order valence-electron chi connectivity index (χ3n) is 0.893. The van der Waals surface area contributed by atoms with Crippen LogP contribution < -0.4 is 0 Å². The van der Waals surface area contributed by atoms with Crippen molar-refractivity contribution in [1.29, 1.82) is 0 Å². The monoisotopic (exact) mass is 261 g/mol. The van der Waals surface area contributed by atoms with Crippen molar-refractivity contribution in [1.82, 2.24) is 4.90 Å². The molecule has 1 heterocycles. The van der Waals surface area contributed by atoms with Crippen molar-refractivity contribution in [3.8, 4) is 0 Å². The molecule has 0 radical (unpaired) electrons. The van der Waals surface area contributed by atoms with Crippen molar-refractivity contribution in [3.05, 3.63) is 33.3 Å². The Morgan fingerprint density at radius 2 is 1.00 bits per heavy atom. The zero-order valence-corrected chi connectivity index (χ0v) is 9.59. The molecule has 0 aromatic carbocycles. The van der Waals surface area contributed by atoms with Gasteiger partial charge < -0.3 is 0 Å². The summed E-state index contributed by atoms with van der Waals surface area (Å²) in [7, 11) is 0. The van der Waals surface area contributed by atoms with E-state index >= 15 is 0 Å². The first-order chi connectivity index (χ1) is 7.80. The average molecular weight is 261 g/mol.